The zero-order chi connectivity index (χ0) is 24.4. The van der Waals surface area contributed by atoms with Crippen molar-refractivity contribution in [2.45, 2.75) is 40.3 Å². The van der Waals surface area contributed by atoms with Crippen LogP contribution < -0.4 is 4.74 Å². The zero-order valence-electron chi connectivity index (χ0n) is 20.0. The number of Topliss-reactive ketones (excluding diaryl/α,β-unsaturated/α-hetero) is 1. The molecule has 174 valence electrons. The molecule has 1 aliphatic rings. The smallest absolute Gasteiger partial charge is 0.295 e. The molecule has 34 heavy (non-hydrogen) atoms. The van der Waals surface area contributed by atoms with Crippen LogP contribution >= 0.6 is 0 Å². The second-order valence-corrected chi connectivity index (χ2v) is 8.74. The van der Waals surface area contributed by atoms with Crippen LogP contribution in [-0.2, 0) is 16.1 Å². The van der Waals surface area contributed by atoms with Gasteiger partial charge in [-0.1, -0.05) is 59.7 Å². The minimum Gasteiger partial charge on any atom is -0.507 e. The minimum atomic E-state index is -0.686. The molecule has 3 aromatic carbocycles. The normalized spacial score (nSPS) is 17.3. The number of likely N-dealkylation sites (tertiary alicyclic amines) is 1. The number of benzene rings is 3. The number of hydrogen-bond acceptors (Lipinski definition) is 4. The van der Waals surface area contributed by atoms with E-state index >= 15 is 0 Å². The van der Waals surface area contributed by atoms with Crippen LogP contribution in [-0.4, -0.2) is 28.3 Å². The van der Waals surface area contributed by atoms with E-state index in [0.717, 1.165) is 27.8 Å². The summed E-state index contributed by atoms with van der Waals surface area (Å²) >= 11 is 0. The second-order valence-electron chi connectivity index (χ2n) is 8.74. The van der Waals surface area contributed by atoms with E-state index < -0.39 is 17.7 Å². The predicted molar refractivity (Wildman–Crippen MR) is 133 cm³/mol. The Balaban J connectivity index is 1.83. The van der Waals surface area contributed by atoms with E-state index in [0.29, 0.717) is 17.9 Å². The Bertz CT molecular complexity index is 1260. The molecular weight excluding hydrogens is 426 g/mol. The van der Waals surface area contributed by atoms with Crippen molar-refractivity contribution in [1.82, 2.24) is 4.90 Å². The molecule has 1 fully saturated rings. The molecular formula is C29H29NO4. The first-order chi connectivity index (χ1) is 16.3. The van der Waals surface area contributed by atoms with Gasteiger partial charge in [-0.05, 0) is 62.6 Å². The van der Waals surface area contributed by atoms with Crippen LogP contribution in [0.5, 0.6) is 5.75 Å². The Morgan fingerprint density at radius 3 is 2.12 bits per heavy atom. The average molecular weight is 456 g/mol. The number of ketones is 1. The third-order valence-electron chi connectivity index (χ3n) is 6.15. The van der Waals surface area contributed by atoms with E-state index in [1.165, 1.54) is 0 Å². The molecule has 3 aromatic rings. The summed E-state index contributed by atoms with van der Waals surface area (Å²) in [5.74, 6) is -0.757. The highest BCUT2D eigenvalue weighted by molar-refractivity contribution is 6.46. The van der Waals surface area contributed by atoms with Gasteiger partial charge in [0.2, 0.25) is 0 Å². The summed E-state index contributed by atoms with van der Waals surface area (Å²) in [7, 11) is 0. The Morgan fingerprint density at radius 1 is 0.912 bits per heavy atom. The monoisotopic (exact) mass is 455 g/mol. The Labute approximate surface area is 200 Å². The SMILES string of the molecule is CCOc1ccc(/C(O)=C2\C(=O)C(=O)N(Cc3ccc(C)cc3)C2c2ccc(C)cc2)cc1C. The first-order valence-corrected chi connectivity index (χ1v) is 11.4. The maximum atomic E-state index is 13.2. The molecule has 5 nitrogen and oxygen atoms in total. The van der Waals surface area contributed by atoms with Gasteiger partial charge in [0, 0.05) is 12.1 Å². The topological polar surface area (TPSA) is 66.8 Å². The van der Waals surface area contributed by atoms with E-state index in [-0.39, 0.29) is 17.9 Å². The van der Waals surface area contributed by atoms with E-state index in [4.69, 9.17) is 4.74 Å². The largest absolute Gasteiger partial charge is 0.507 e. The maximum absolute atomic E-state index is 13.2. The number of ether oxygens (including phenoxy) is 1. The van der Waals surface area contributed by atoms with Gasteiger partial charge in [-0.2, -0.15) is 0 Å². The fraction of sp³-hybridized carbons (Fsp3) is 0.241. The van der Waals surface area contributed by atoms with Gasteiger partial charge in [0.15, 0.2) is 0 Å². The van der Waals surface area contributed by atoms with Gasteiger partial charge in [-0.3, -0.25) is 9.59 Å². The molecule has 1 aliphatic heterocycles. The number of hydrogen-bond donors (Lipinski definition) is 1. The van der Waals surface area contributed by atoms with Crippen molar-refractivity contribution in [3.05, 3.63) is 106 Å². The van der Waals surface area contributed by atoms with Crippen molar-refractivity contribution in [1.29, 1.82) is 0 Å². The van der Waals surface area contributed by atoms with E-state index in [9.17, 15) is 14.7 Å². The number of nitrogens with zero attached hydrogens (tertiary/aromatic N) is 1. The number of aliphatic hydroxyl groups excluding tert-OH is 1. The molecule has 1 N–H and O–H groups in total. The van der Waals surface area contributed by atoms with Gasteiger partial charge in [0.25, 0.3) is 11.7 Å². The zero-order valence-corrected chi connectivity index (χ0v) is 20.0. The van der Waals surface area contributed by atoms with E-state index in [1.807, 2.05) is 76.2 Å². The lowest BCUT2D eigenvalue weighted by Gasteiger charge is -2.25. The summed E-state index contributed by atoms with van der Waals surface area (Å²) in [6.07, 6.45) is 0. The van der Waals surface area contributed by atoms with Crippen LogP contribution in [0.15, 0.2) is 72.3 Å². The lowest BCUT2D eigenvalue weighted by Crippen LogP contribution is -2.29. The van der Waals surface area contributed by atoms with Gasteiger partial charge in [-0.15, -0.1) is 0 Å². The van der Waals surface area contributed by atoms with Gasteiger partial charge in [0.1, 0.15) is 11.5 Å². The molecule has 1 unspecified atom stereocenters. The Morgan fingerprint density at radius 2 is 1.53 bits per heavy atom. The van der Waals surface area contributed by atoms with Gasteiger partial charge >= 0.3 is 0 Å². The quantitative estimate of drug-likeness (QED) is 0.297. The second kappa shape index (κ2) is 9.56. The molecule has 0 bridgehead atoms. The number of carbonyl (C=O) groups excluding carboxylic acids is 2. The van der Waals surface area contributed by atoms with Gasteiger partial charge in [0.05, 0.1) is 18.2 Å². The molecule has 0 spiro atoms. The third kappa shape index (κ3) is 4.46. The molecule has 0 aromatic heterocycles. The molecule has 0 saturated carbocycles. The van der Waals surface area contributed by atoms with Gasteiger partial charge in [-0.25, -0.2) is 0 Å². The Kier molecular flexibility index (Phi) is 6.55. The molecule has 4 rings (SSSR count). The molecule has 1 atom stereocenters. The Hall–Kier alpha value is -3.86. The summed E-state index contributed by atoms with van der Waals surface area (Å²) in [6.45, 7) is 8.57. The maximum Gasteiger partial charge on any atom is 0.295 e. The fourth-order valence-electron chi connectivity index (χ4n) is 4.30. The highest BCUT2D eigenvalue weighted by Crippen LogP contribution is 2.40. The first-order valence-electron chi connectivity index (χ1n) is 11.4. The van der Waals surface area contributed by atoms with Crippen LogP contribution in [0.25, 0.3) is 5.76 Å². The lowest BCUT2D eigenvalue weighted by molar-refractivity contribution is -0.140. The number of amides is 1. The summed E-state index contributed by atoms with van der Waals surface area (Å²) < 4.78 is 5.60. The van der Waals surface area contributed by atoms with Crippen LogP contribution in [0.1, 0.15) is 46.3 Å². The molecule has 5 heteroatoms. The summed E-state index contributed by atoms with van der Waals surface area (Å²) in [4.78, 5) is 28.0. The lowest BCUT2D eigenvalue weighted by atomic mass is 9.94. The molecule has 0 aliphatic carbocycles. The molecule has 1 saturated heterocycles. The summed E-state index contributed by atoms with van der Waals surface area (Å²) in [5.41, 5.74) is 5.30. The number of rotatable bonds is 6. The molecule has 1 amide bonds. The first kappa shape index (κ1) is 23.3. The molecule has 1 heterocycles. The summed E-state index contributed by atoms with van der Waals surface area (Å²) in [5, 5.41) is 11.3. The van der Waals surface area contributed by atoms with Crippen LogP contribution in [0.4, 0.5) is 0 Å². The number of aliphatic hydroxyl groups is 1. The highest BCUT2D eigenvalue weighted by atomic mass is 16.5. The number of aryl methyl sites for hydroxylation is 3. The standard InChI is InChI=1S/C29H29NO4/c1-5-34-24-15-14-23(16-20(24)4)27(31)25-26(22-12-8-19(3)9-13-22)30(29(33)28(25)32)17-21-10-6-18(2)7-11-21/h6-16,26,31H,5,17H2,1-4H3/b27-25+. The van der Waals surface area contributed by atoms with Crippen molar-refractivity contribution < 1.29 is 19.4 Å². The van der Waals surface area contributed by atoms with Crippen molar-refractivity contribution >= 4 is 17.4 Å². The van der Waals surface area contributed by atoms with Crippen molar-refractivity contribution in [2.24, 2.45) is 0 Å². The van der Waals surface area contributed by atoms with E-state index in [1.54, 1.807) is 23.1 Å². The van der Waals surface area contributed by atoms with Crippen molar-refractivity contribution in [2.75, 3.05) is 6.61 Å². The van der Waals surface area contributed by atoms with Crippen LogP contribution in [0.2, 0.25) is 0 Å². The minimum absolute atomic E-state index is 0.101. The van der Waals surface area contributed by atoms with Crippen molar-refractivity contribution in [3.63, 3.8) is 0 Å². The van der Waals surface area contributed by atoms with E-state index in [2.05, 4.69) is 0 Å². The summed E-state index contributed by atoms with van der Waals surface area (Å²) in [6, 6.07) is 20.2. The highest BCUT2D eigenvalue weighted by Gasteiger charge is 2.46. The molecule has 0 radical (unpaired) electrons. The number of carbonyl (C=O) groups is 2. The van der Waals surface area contributed by atoms with Crippen LogP contribution in [0.3, 0.4) is 0 Å². The average Bonchev–Trinajstić information content (AvgIpc) is 3.07. The van der Waals surface area contributed by atoms with Gasteiger partial charge < -0.3 is 14.7 Å². The van der Waals surface area contributed by atoms with Crippen LogP contribution in [0, 0.1) is 20.8 Å². The fourth-order valence-corrected chi connectivity index (χ4v) is 4.30. The predicted octanol–water partition coefficient (Wildman–Crippen LogP) is 5.63. The van der Waals surface area contributed by atoms with Crippen molar-refractivity contribution in [3.8, 4) is 5.75 Å². The third-order valence-corrected chi connectivity index (χ3v) is 6.15.